The van der Waals surface area contributed by atoms with Crippen molar-refractivity contribution >= 4 is 41.1 Å². The second-order valence-corrected chi connectivity index (χ2v) is 16.9. The van der Waals surface area contributed by atoms with Gasteiger partial charge in [-0.05, 0) is 114 Å². The molecule has 0 unspecified atom stereocenters. The van der Waals surface area contributed by atoms with Gasteiger partial charge in [-0.15, -0.1) is 0 Å². The number of benzene rings is 4. The van der Waals surface area contributed by atoms with Crippen molar-refractivity contribution in [1.82, 2.24) is 20.5 Å². The van der Waals surface area contributed by atoms with Crippen molar-refractivity contribution in [1.29, 1.82) is 0 Å². The minimum absolute atomic E-state index is 0.00898. The standard InChI is InChI=1S/C48H48Cl2N4O7/c1-28-29(2)51-19-18-38(28)32-11-8-30(9-12-32)21-41(47(56)57)53-46(55)42-22-34-23-43-44(24-35(34)25-54(42)48(58)52-36-6-4-3-5-7-36)61-45(27-60-43)33-13-15-37(16-14-33)59-26-31-10-17-39(49)40(50)20-31/h8-20,23-24,36,41-42,45H,3-7,21-22,25-27H2,1-2H3,(H,52,58)(H,53,55)(H,56,57)/t41-,42-,45+/m0/s1. The molecule has 3 atom stereocenters. The summed E-state index contributed by atoms with van der Waals surface area (Å²) in [5, 5.41) is 17.2. The van der Waals surface area contributed by atoms with Crippen LogP contribution in [0.2, 0.25) is 10.0 Å². The van der Waals surface area contributed by atoms with E-state index in [4.69, 9.17) is 37.4 Å². The van der Waals surface area contributed by atoms with Crippen LogP contribution >= 0.6 is 23.2 Å². The van der Waals surface area contributed by atoms with Crippen molar-refractivity contribution in [3.8, 4) is 28.4 Å². The highest BCUT2D eigenvalue weighted by Gasteiger charge is 2.38. The molecule has 0 radical (unpaired) electrons. The largest absolute Gasteiger partial charge is 0.489 e. The first kappa shape index (κ1) is 41.9. The Morgan fingerprint density at radius 2 is 1.62 bits per heavy atom. The van der Waals surface area contributed by atoms with E-state index in [2.05, 4.69) is 15.6 Å². The van der Waals surface area contributed by atoms with Crippen LogP contribution in [0.25, 0.3) is 11.1 Å². The summed E-state index contributed by atoms with van der Waals surface area (Å²) in [6.07, 6.45) is 6.56. The Morgan fingerprint density at radius 3 is 2.36 bits per heavy atom. The predicted octanol–water partition coefficient (Wildman–Crippen LogP) is 9.34. The number of urea groups is 1. The van der Waals surface area contributed by atoms with Crippen LogP contribution in [0.5, 0.6) is 17.2 Å². The quantitative estimate of drug-likeness (QED) is 0.119. The summed E-state index contributed by atoms with van der Waals surface area (Å²) in [4.78, 5) is 46.8. The smallest absolute Gasteiger partial charge is 0.326 e. The molecular weight excluding hydrogens is 815 g/mol. The lowest BCUT2D eigenvalue weighted by Crippen LogP contribution is -2.58. The molecule has 61 heavy (non-hydrogen) atoms. The maximum atomic E-state index is 14.2. The molecule has 1 aromatic heterocycles. The van der Waals surface area contributed by atoms with Crippen molar-refractivity contribution in [2.24, 2.45) is 0 Å². The number of carbonyl (C=O) groups is 3. The van der Waals surface area contributed by atoms with Crippen LogP contribution < -0.4 is 24.8 Å². The van der Waals surface area contributed by atoms with Crippen LogP contribution in [0, 0.1) is 13.8 Å². The van der Waals surface area contributed by atoms with Crippen LogP contribution in [0.1, 0.15) is 77.3 Å². The minimum Gasteiger partial charge on any atom is -0.489 e. The van der Waals surface area contributed by atoms with E-state index < -0.39 is 30.1 Å². The second-order valence-electron chi connectivity index (χ2n) is 16.1. The van der Waals surface area contributed by atoms with E-state index >= 15 is 0 Å². The molecule has 1 aliphatic carbocycles. The number of aryl methyl sites for hydroxylation is 1. The zero-order valence-corrected chi connectivity index (χ0v) is 35.6. The molecule has 2 aliphatic heterocycles. The summed E-state index contributed by atoms with van der Waals surface area (Å²) in [6.45, 7) is 4.71. The van der Waals surface area contributed by atoms with E-state index in [0.717, 1.165) is 82.3 Å². The lowest BCUT2D eigenvalue weighted by molar-refractivity contribution is -0.142. The molecule has 1 saturated carbocycles. The molecule has 0 bridgehead atoms. The normalized spacial score (nSPS) is 17.8. The van der Waals surface area contributed by atoms with Gasteiger partial charge < -0.3 is 34.9 Å². The summed E-state index contributed by atoms with van der Waals surface area (Å²) in [5.41, 5.74) is 8.28. The van der Waals surface area contributed by atoms with E-state index in [9.17, 15) is 19.5 Å². The van der Waals surface area contributed by atoms with Crippen LogP contribution in [0.3, 0.4) is 0 Å². The summed E-state index contributed by atoms with van der Waals surface area (Å²) in [5.74, 6) is 0.0703. The Hall–Kier alpha value is -5.78. The summed E-state index contributed by atoms with van der Waals surface area (Å²) in [6, 6.07) is 23.9. The first-order valence-electron chi connectivity index (χ1n) is 20.7. The lowest BCUT2D eigenvalue weighted by atomic mass is 9.92. The highest BCUT2D eigenvalue weighted by Crippen LogP contribution is 2.41. The topological polar surface area (TPSA) is 139 Å². The Balaban J connectivity index is 0.969. The Bertz CT molecular complexity index is 2420. The maximum absolute atomic E-state index is 14.2. The van der Waals surface area contributed by atoms with E-state index in [-0.39, 0.29) is 38.1 Å². The van der Waals surface area contributed by atoms with Gasteiger partial charge in [0, 0.05) is 37.3 Å². The van der Waals surface area contributed by atoms with Crippen LogP contribution in [0.4, 0.5) is 4.79 Å². The zero-order chi connectivity index (χ0) is 42.6. The molecule has 3 aliphatic rings. The Morgan fingerprint density at radius 1 is 0.885 bits per heavy atom. The van der Waals surface area contributed by atoms with Crippen molar-refractivity contribution in [3.63, 3.8) is 0 Å². The first-order chi connectivity index (χ1) is 29.5. The van der Waals surface area contributed by atoms with Crippen LogP contribution in [0.15, 0.2) is 91.1 Å². The van der Waals surface area contributed by atoms with E-state index in [1.807, 2.05) is 86.6 Å². The fourth-order valence-corrected chi connectivity index (χ4v) is 8.64. The fraction of sp³-hybridized carbons (Fsp3) is 0.333. The Kier molecular flexibility index (Phi) is 12.7. The van der Waals surface area contributed by atoms with Crippen LogP contribution in [-0.4, -0.2) is 57.6 Å². The van der Waals surface area contributed by atoms with Crippen molar-refractivity contribution in [2.45, 2.75) is 96.2 Å². The highest BCUT2D eigenvalue weighted by molar-refractivity contribution is 6.42. The third-order valence-corrected chi connectivity index (χ3v) is 12.7. The van der Waals surface area contributed by atoms with Gasteiger partial charge in [0.05, 0.1) is 10.0 Å². The summed E-state index contributed by atoms with van der Waals surface area (Å²) in [7, 11) is 0. The number of aromatic nitrogens is 1. The molecule has 3 N–H and O–H groups in total. The van der Waals surface area contributed by atoms with Gasteiger partial charge in [0.1, 0.15) is 31.0 Å². The molecule has 0 spiro atoms. The zero-order valence-electron chi connectivity index (χ0n) is 34.1. The number of carboxylic acid groups (broad SMARTS) is 1. The maximum Gasteiger partial charge on any atom is 0.326 e. The number of nitrogens with one attached hydrogen (secondary N) is 2. The van der Waals surface area contributed by atoms with Gasteiger partial charge in [0.25, 0.3) is 0 Å². The van der Waals surface area contributed by atoms with Gasteiger partial charge >= 0.3 is 12.0 Å². The summed E-state index contributed by atoms with van der Waals surface area (Å²) < 4.78 is 18.7. The van der Waals surface area contributed by atoms with Crippen LogP contribution in [-0.2, 0) is 35.6 Å². The third kappa shape index (κ3) is 9.74. The number of carboxylic acids is 1. The second kappa shape index (κ2) is 18.5. The van der Waals surface area contributed by atoms with Gasteiger partial charge in [-0.25, -0.2) is 9.59 Å². The molecule has 3 heterocycles. The van der Waals surface area contributed by atoms with Crippen molar-refractivity contribution in [3.05, 3.63) is 140 Å². The van der Waals surface area contributed by atoms with E-state index in [1.165, 1.54) is 4.90 Å². The molecule has 316 valence electrons. The van der Waals surface area contributed by atoms with Gasteiger partial charge in [-0.1, -0.05) is 84.9 Å². The minimum atomic E-state index is -1.21. The number of fused-ring (bicyclic) bond motifs is 2. The summed E-state index contributed by atoms with van der Waals surface area (Å²) >= 11 is 12.2. The molecule has 1 fully saturated rings. The molecule has 8 rings (SSSR count). The number of carbonyl (C=O) groups excluding carboxylic acids is 2. The average Bonchev–Trinajstić information content (AvgIpc) is 3.27. The number of hydrogen-bond donors (Lipinski definition) is 3. The van der Waals surface area contributed by atoms with Gasteiger partial charge in [-0.3, -0.25) is 9.78 Å². The monoisotopic (exact) mass is 862 g/mol. The molecule has 11 nitrogen and oxygen atoms in total. The molecule has 0 saturated heterocycles. The number of hydrogen-bond acceptors (Lipinski definition) is 7. The first-order valence-corrected chi connectivity index (χ1v) is 21.5. The fourth-order valence-electron chi connectivity index (χ4n) is 8.32. The molecule has 13 heteroatoms. The van der Waals surface area contributed by atoms with Gasteiger partial charge in [-0.2, -0.15) is 0 Å². The lowest BCUT2D eigenvalue weighted by Gasteiger charge is -2.38. The van der Waals surface area contributed by atoms with Gasteiger partial charge in [0.15, 0.2) is 17.6 Å². The third-order valence-electron chi connectivity index (χ3n) is 12.0. The van der Waals surface area contributed by atoms with E-state index in [1.54, 1.807) is 18.3 Å². The number of rotatable bonds is 11. The predicted molar refractivity (Wildman–Crippen MR) is 233 cm³/mol. The van der Waals surface area contributed by atoms with Gasteiger partial charge in [0.2, 0.25) is 5.91 Å². The number of aliphatic carboxylic acids is 1. The Labute approximate surface area is 365 Å². The number of halogens is 2. The molecule has 4 aromatic carbocycles. The number of pyridine rings is 1. The SMILES string of the molecule is Cc1nccc(-c2ccc(C[C@H](NC(=O)[C@@H]3Cc4cc5c(cc4CN3C(=O)NC3CCCCC3)O[C@@H](c3ccc(OCc4ccc(Cl)c(Cl)c4)cc3)CO5)C(=O)O)cc2)c1C. The number of nitrogens with zero attached hydrogens (tertiary/aromatic N) is 2. The molecule has 5 aromatic rings. The van der Waals surface area contributed by atoms with Crippen molar-refractivity contribution < 1.29 is 33.7 Å². The average molecular weight is 864 g/mol. The van der Waals surface area contributed by atoms with Crippen molar-refractivity contribution in [2.75, 3.05) is 6.61 Å². The molecular formula is C48H48Cl2N4O7. The molecule has 3 amide bonds. The number of ether oxygens (including phenoxy) is 3. The van der Waals surface area contributed by atoms with E-state index in [0.29, 0.717) is 33.9 Å². The number of amides is 3. The highest BCUT2D eigenvalue weighted by atomic mass is 35.5.